The fourth-order valence-corrected chi connectivity index (χ4v) is 2.64. The van der Waals surface area contributed by atoms with Crippen LogP contribution in [-0.2, 0) is 0 Å². The van der Waals surface area contributed by atoms with Crippen molar-refractivity contribution in [3.63, 3.8) is 0 Å². The number of nitrogens with zero attached hydrogens (tertiary/aromatic N) is 1. The number of hydrogen-bond donors (Lipinski definition) is 5. The van der Waals surface area contributed by atoms with Crippen molar-refractivity contribution in [2.24, 2.45) is 10.7 Å². The lowest BCUT2D eigenvalue weighted by molar-refractivity contribution is -0.0886. The highest BCUT2D eigenvalue weighted by atomic mass is 35.5. The third-order valence-corrected chi connectivity index (χ3v) is 3.84. The number of nitrogens with two attached hydrogens (primary N) is 1. The van der Waals surface area contributed by atoms with Crippen molar-refractivity contribution < 1.29 is 18.3 Å². The summed E-state index contributed by atoms with van der Waals surface area (Å²) in [5, 5.41) is 22.1. The summed E-state index contributed by atoms with van der Waals surface area (Å²) in [6.07, 6.45) is -1.73. The molecule has 0 amide bonds. The van der Waals surface area contributed by atoms with E-state index in [4.69, 9.17) is 22.7 Å². The van der Waals surface area contributed by atoms with Gasteiger partial charge in [-0.2, -0.15) is 13.2 Å². The van der Waals surface area contributed by atoms with Gasteiger partial charge in [0.2, 0.25) is 5.88 Å². The number of rotatable bonds is 6. The maximum atomic E-state index is 12.9. The van der Waals surface area contributed by atoms with Crippen LogP contribution in [0.5, 0.6) is 0 Å². The zero-order valence-corrected chi connectivity index (χ0v) is 14.9. The molecule has 0 aromatic rings. The highest BCUT2D eigenvalue weighted by molar-refractivity contribution is 8.03. The molecule has 1 aliphatic rings. The van der Waals surface area contributed by atoms with Crippen molar-refractivity contribution in [2.45, 2.75) is 13.1 Å². The molecule has 0 fully saturated rings. The smallest absolute Gasteiger partial charge is 0.417 e. The molecule has 25 heavy (non-hydrogen) atoms. The molecule has 0 aromatic heterocycles. The number of dihydropyridines is 1. The van der Waals surface area contributed by atoms with Gasteiger partial charge in [-0.25, -0.2) is 0 Å². The Morgan fingerprint density at radius 2 is 2.20 bits per heavy atom. The summed E-state index contributed by atoms with van der Waals surface area (Å²) in [7, 11) is 1.39. The van der Waals surface area contributed by atoms with Gasteiger partial charge in [0, 0.05) is 24.2 Å². The summed E-state index contributed by atoms with van der Waals surface area (Å²) in [5.41, 5.74) is 4.84. The first kappa shape index (κ1) is 21.0. The predicted molar refractivity (Wildman–Crippen MR) is 95.5 cm³/mol. The van der Waals surface area contributed by atoms with Crippen LogP contribution in [-0.4, -0.2) is 35.1 Å². The van der Waals surface area contributed by atoms with Gasteiger partial charge in [-0.15, -0.1) is 11.8 Å². The van der Waals surface area contributed by atoms with E-state index >= 15 is 0 Å². The second-order valence-electron chi connectivity index (χ2n) is 4.55. The van der Waals surface area contributed by atoms with Crippen LogP contribution >= 0.6 is 23.4 Å². The van der Waals surface area contributed by atoms with Crippen LogP contribution in [0.2, 0.25) is 0 Å². The number of allylic oxidation sites excluding steroid dienone is 3. The van der Waals surface area contributed by atoms with E-state index in [0.717, 1.165) is 30.1 Å². The fraction of sp³-hybridized carbons (Fsp3) is 0.286. The van der Waals surface area contributed by atoms with Crippen molar-refractivity contribution in [3.8, 4) is 0 Å². The summed E-state index contributed by atoms with van der Waals surface area (Å²) >= 11 is 6.60. The molecule has 0 saturated carbocycles. The molecule has 0 atom stereocenters. The Balaban J connectivity index is 3.24. The normalized spacial score (nSPS) is 18.2. The van der Waals surface area contributed by atoms with Gasteiger partial charge in [0.1, 0.15) is 16.7 Å². The van der Waals surface area contributed by atoms with Crippen molar-refractivity contribution in [2.75, 3.05) is 12.8 Å². The van der Waals surface area contributed by atoms with Gasteiger partial charge >= 0.3 is 6.18 Å². The van der Waals surface area contributed by atoms with Crippen molar-refractivity contribution in [3.05, 3.63) is 46.1 Å². The Labute approximate surface area is 151 Å². The molecule has 1 heterocycles. The molecule has 0 unspecified atom stereocenters. The highest BCUT2D eigenvalue weighted by Gasteiger charge is 2.34. The minimum absolute atomic E-state index is 0.0285. The number of nitrogens with one attached hydrogen (secondary N) is 3. The van der Waals surface area contributed by atoms with Crippen LogP contribution in [0.1, 0.15) is 6.92 Å². The van der Waals surface area contributed by atoms with Crippen molar-refractivity contribution in [1.82, 2.24) is 10.6 Å². The summed E-state index contributed by atoms with van der Waals surface area (Å²) in [5.74, 6) is -0.0442. The molecule has 0 saturated heterocycles. The first-order valence-electron chi connectivity index (χ1n) is 6.87. The number of amidine groups is 1. The van der Waals surface area contributed by atoms with E-state index in [2.05, 4.69) is 15.6 Å². The van der Waals surface area contributed by atoms with Crippen LogP contribution in [0, 0.1) is 5.41 Å². The molecule has 1 rings (SSSR count). The van der Waals surface area contributed by atoms with Crippen molar-refractivity contribution >= 4 is 34.4 Å². The minimum Gasteiger partial charge on any atom is -0.493 e. The lowest BCUT2D eigenvalue weighted by atomic mass is 10.2. The largest absolute Gasteiger partial charge is 0.493 e. The van der Waals surface area contributed by atoms with Crippen LogP contribution < -0.4 is 16.4 Å². The average Bonchev–Trinajstić information content (AvgIpc) is 2.52. The quantitative estimate of drug-likeness (QED) is 0.270. The molecule has 6 nitrogen and oxygen atoms in total. The number of hydrogen-bond acceptors (Lipinski definition) is 6. The standard InChI is InChI=1S/C14H17ClF3N5OS/c1-3-25-9-4-7(14(16,17)18)6-22-11(9)13(24)23-8(5-10(15)19)12(20)21-2/h4-6,19,22-24H,3H2,1-2H3,(H2,20,21). The van der Waals surface area contributed by atoms with Crippen LogP contribution in [0.25, 0.3) is 0 Å². The monoisotopic (exact) mass is 395 g/mol. The molecule has 0 aliphatic carbocycles. The van der Waals surface area contributed by atoms with E-state index in [-0.39, 0.29) is 27.3 Å². The zero-order chi connectivity index (χ0) is 19.2. The summed E-state index contributed by atoms with van der Waals surface area (Å²) < 4.78 is 38.6. The molecule has 0 radical (unpaired) electrons. The average molecular weight is 396 g/mol. The molecular weight excluding hydrogens is 379 g/mol. The molecule has 6 N–H and O–H groups in total. The van der Waals surface area contributed by atoms with Gasteiger partial charge in [-0.1, -0.05) is 18.5 Å². The minimum atomic E-state index is -4.51. The van der Waals surface area contributed by atoms with Crippen molar-refractivity contribution in [1.29, 1.82) is 5.41 Å². The van der Waals surface area contributed by atoms with Gasteiger partial charge in [-0.3, -0.25) is 10.4 Å². The number of aliphatic imine (C=N–C) groups is 1. The number of aliphatic hydroxyl groups excluding tert-OH is 1. The van der Waals surface area contributed by atoms with Gasteiger partial charge in [0.15, 0.2) is 0 Å². The maximum absolute atomic E-state index is 12.9. The first-order chi connectivity index (χ1) is 11.6. The molecule has 11 heteroatoms. The topological polar surface area (TPSA) is 107 Å². The number of halogens is 4. The van der Waals surface area contributed by atoms with Gasteiger partial charge in [-0.05, 0) is 11.8 Å². The van der Waals surface area contributed by atoms with Gasteiger partial charge in [0.05, 0.1) is 11.3 Å². The van der Waals surface area contributed by atoms with Crippen LogP contribution in [0.15, 0.2) is 51.1 Å². The highest BCUT2D eigenvalue weighted by Crippen LogP contribution is 2.34. The van der Waals surface area contributed by atoms with E-state index in [1.54, 1.807) is 6.92 Å². The number of alkyl halides is 3. The third-order valence-electron chi connectivity index (χ3n) is 2.81. The van der Waals surface area contributed by atoms with E-state index in [1.807, 2.05) is 0 Å². The van der Waals surface area contributed by atoms with Crippen LogP contribution in [0.4, 0.5) is 13.2 Å². The van der Waals surface area contributed by atoms with E-state index in [1.165, 1.54) is 7.05 Å². The predicted octanol–water partition coefficient (Wildman–Crippen LogP) is 3.08. The molecule has 0 spiro atoms. The molecule has 0 aromatic carbocycles. The summed E-state index contributed by atoms with van der Waals surface area (Å²) in [6, 6.07) is 0. The number of aliphatic hydroxyl groups is 1. The van der Waals surface area contributed by atoms with Gasteiger partial charge in [0.25, 0.3) is 0 Å². The summed E-state index contributed by atoms with van der Waals surface area (Å²) in [4.78, 5) is 3.90. The Morgan fingerprint density at radius 3 is 2.68 bits per heavy atom. The lowest BCUT2D eigenvalue weighted by Crippen LogP contribution is -2.30. The summed E-state index contributed by atoms with van der Waals surface area (Å²) in [6.45, 7) is 1.76. The van der Waals surface area contributed by atoms with E-state index < -0.39 is 17.6 Å². The Morgan fingerprint density at radius 1 is 1.56 bits per heavy atom. The first-order valence-corrected chi connectivity index (χ1v) is 8.23. The van der Waals surface area contributed by atoms with Crippen LogP contribution in [0.3, 0.4) is 0 Å². The second kappa shape index (κ2) is 8.86. The third kappa shape index (κ3) is 6.05. The van der Waals surface area contributed by atoms with E-state index in [0.29, 0.717) is 5.75 Å². The zero-order valence-electron chi connectivity index (χ0n) is 13.3. The Kier molecular flexibility index (Phi) is 7.43. The molecule has 138 valence electrons. The Bertz CT molecular complexity index is 695. The van der Waals surface area contributed by atoms with E-state index in [9.17, 15) is 18.3 Å². The molecular formula is C14H17ClF3N5OS. The maximum Gasteiger partial charge on any atom is 0.417 e. The molecule has 1 aliphatic heterocycles. The Hall–Kier alpha value is -2.07. The lowest BCUT2D eigenvalue weighted by Gasteiger charge is -2.21. The SMILES string of the molecule is CCSC1=CC(C(F)(F)F)=CNC1=C(O)NC(=CC(=N)Cl)C(N)=NC. The van der Waals surface area contributed by atoms with Gasteiger partial charge < -0.3 is 21.5 Å². The number of thioether (sulfide) groups is 1. The molecule has 0 bridgehead atoms. The fourth-order valence-electron chi connectivity index (χ4n) is 1.71. The second-order valence-corrected chi connectivity index (χ2v) is 6.26.